The molecule has 0 amide bonds. The van der Waals surface area contributed by atoms with Gasteiger partial charge in [-0.1, -0.05) is 12.1 Å². The van der Waals surface area contributed by atoms with Gasteiger partial charge in [-0.05, 0) is 42.7 Å². The second-order valence-corrected chi connectivity index (χ2v) is 4.31. The SMILES string of the molecule is Cc1ccnc(NCCc2ccc(O)cc2)c1C#N. The number of hydrogen-bond donors (Lipinski definition) is 2. The zero-order valence-corrected chi connectivity index (χ0v) is 10.7. The number of phenols is 1. The molecule has 2 N–H and O–H groups in total. The molecule has 2 aromatic rings. The number of pyridine rings is 1. The van der Waals surface area contributed by atoms with Gasteiger partial charge in [0, 0.05) is 12.7 Å². The van der Waals surface area contributed by atoms with Crippen LogP contribution in [0, 0.1) is 18.3 Å². The third-order valence-corrected chi connectivity index (χ3v) is 2.91. The number of phenolic OH excluding ortho intramolecular Hbond substituents is 1. The summed E-state index contributed by atoms with van der Waals surface area (Å²) >= 11 is 0. The van der Waals surface area contributed by atoms with E-state index in [0.717, 1.165) is 17.5 Å². The molecule has 0 aliphatic carbocycles. The number of anilines is 1. The number of rotatable bonds is 4. The van der Waals surface area contributed by atoms with Crippen LogP contribution in [0.2, 0.25) is 0 Å². The Balaban J connectivity index is 1.98. The first kappa shape index (κ1) is 12.9. The lowest BCUT2D eigenvalue weighted by Gasteiger charge is -2.08. The van der Waals surface area contributed by atoms with Crippen LogP contribution in [0.25, 0.3) is 0 Å². The maximum atomic E-state index is 9.20. The normalized spacial score (nSPS) is 9.89. The van der Waals surface area contributed by atoms with Crippen molar-refractivity contribution < 1.29 is 5.11 Å². The monoisotopic (exact) mass is 253 g/mol. The number of hydrogen-bond acceptors (Lipinski definition) is 4. The molecule has 96 valence electrons. The molecule has 4 heteroatoms. The van der Waals surface area contributed by atoms with Crippen LogP contribution in [0.1, 0.15) is 16.7 Å². The molecule has 1 aromatic heterocycles. The average molecular weight is 253 g/mol. The largest absolute Gasteiger partial charge is 0.508 e. The van der Waals surface area contributed by atoms with E-state index in [9.17, 15) is 5.11 Å². The zero-order chi connectivity index (χ0) is 13.7. The Labute approximate surface area is 112 Å². The van der Waals surface area contributed by atoms with Crippen molar-refractivity contribution in [3.63, 3.8) is 0 Å². The number of aryl methyl sites for hydroxylation is 1. The van der Waals surface area contributed by atoms with E-state index in [1.165, 1.54) is 0 Å². The van der Waals surface area contributed by atoms with Crippen LogP contribution in [-0.2, 0) is 6.42 Å². The highest BCUT2D eigenvalue weighted by Gasteiger charge is 2.05. The summed E-state index contributed by atoms with van der Waals surface area (Å²) in [5.41, 5.74) is 2.63. The highest BCUT2D eigenvalue weighted by atomic mass is 16.3. The molecule has 0 bridgehead atoms. The number of benzene rings is 1. The van der Waals surface area contributed by atoms with Gasteiger partial charge in [0.05, 0.1) is 5.56 Å². The Bertz CT molecular complexity index is 600. The van der Waals surface area contributed by atoms with Crippen LogP contribution < -0.4 is 5.32 Å². The second kappa shape index (κ2) is 5.87. The molecule has 19 heavy (non-hydrogen) atoms. The van der Waals surface area contributed by atoms with E-state index in [1.54, 1.807) is 18.3 Å². The zero-order valence-electron chi connectivity index (χ0n) is 10.7. The molecule has 0 aliphatic heterocycles. The summed E-state index contributed by atoms with van der Waals surface area (Å²) in [5, 5.41) is 21.5. The fourth-order valence-electron chi connectivity index (χ4n) is 1.82. The molecule has 4 nitrogen and oxygen atoms in total. The lowest BCUT2D eigenvalue weighted by Crippen LogP contribution is -2.08. The first-order valence-electron chi connectivity index (χ1n) is 6.08. The molecule has 0 atom stereocenters. The van der Waals surface area contributed by atoms with E-state index in [2.05, 4.69) is 16.4 Å². The molecule has 0 fully saturated rings. The van der Waals surface area contributed by atoms with Crippen molar-refractivity contribution in [2.75, 3.05) is 11.9 Å². The average Bonchev–Trinajstić information content (AvgIpc) is 2.41. The van der Waals surface area contributed by atoms with Crippen LogP contribution in [-0.4, -0.2) is 16.6 Å². The minimum atomic E-state index is 0.267. The summed E-state index contributed by atoms with van der Waals surface area (Å²) < 4.78 is 0. The lowest BCUT2D eigenvalue weighted by molar-refractivity contribution is 0.475. The summed E-state index contributed by atoms with van der Waals surface area (Å²) in [6.45, 7) is 2.58. The molecule has 0 aliphatic rings. The quantitative estimate of drug-likeness (QED) is 0.878. The van der Waals surface area contributed by atoms with Gasteiger partial charge in [0.2, 0.25) is 0 Å². The van der Waals surface area contributed by atoms with Gasteiger partial charge in [-0.2, -0.15) is 5.26 Å². The molecule has 0 unspecified atom stereocenters. The number of aromatic hydroxyl groups is 1. The number of nitriles is 1. The molecular formula is C15H15N3O. The van der Waals surface area contributed by atoms with Gasteiger partial charge in [-0.3, -0.25) is 0 Å². The molecule has 0 saturated carbocycles. The maximum absolute atomic E-state index is 9.20. The summed E-state index contributed by atoms with van der Waals surface area (Å²) in [4.78, 5) is 4.18. The standard InChI is InChI=1S/C15H15N3O/c1-11-6-8-17-15(14(11)10-16)18-9-7-12-2-4-13(19)5-3-12/h2-6,8,19H,7,9H2,1H3,(H,17,18). The van der Waals surface area contributed by atoms with E-state index in [4.69, 9.17) is 5.26 Å². The minimum Gasteiger partial charge on any atom is -0.508 e. The number of nitrogens with one attached hydrogen (secondary N) is 1. The van der Waals surface area contributed by atoms with Crippen LogP contribution in [0.5, 0.6) is 5.75 Å². The Morgan fingerprint density at radius 3 is 2.68 bits per heavy atom. The Kier molecular flexibility index (Phi) is 3.99. The highest BCUT2D eigenvalue weighted by Crippen LogP contribution is 2.15. The molecule has 0 radical (unpaired) electrons. The first-order valence-corrected chi connectivity index (χ1v) is 6.08. The summed E-state index contributed by atoms with van der Waals surface area (Å²) in [6, 6.07) is 11.1. The molecule has 1 heterocycles. The third kappa shape index (κ3) is 3.23. The predicted molar refractivity (Wildman–Crippen MR) is 74.0 cm³/mol. The fraction of sp³-hybridized carbons (Fsp3) is 0.200. The lowest BCUT2D eigenvalue weighted by atomic mass is 10.1. The topological polar surface area (TPSA) is 68.9 Å². The summed E-state index contributed by atoms with van der Waals surface area (Å²) in [5.74, 6) is 0.894. The number of nitrogens with zero attached hydrogens (tertiary/aromatic N) is 2. The molecule has 0 spiro atoms. The Morgan fingerprint density at radius 2 is 2.00 bits per heavy atom. The van der Waals surface area contributed by atoms with Crippen LogP contribution in [0.4, 0.5) is 5.82 Å². The van der Waals surface area contributed by atoms with Crippen molar-refractivity contribution in [1.82, 2.24) is 4.98 Å². The van der Waals surface area contributed by atoms with Crippen LogP contribution in [0.3, 0.4) is 0 Å². The number of aromatic nitrogens is 1. The van der Waals surface area contributed by atoms with E-state index >= 15 is 0 Å². The van der Waals surface area contributed by atoms with Gasteiger partial charge < -0.3 is 10.4 Å². The van der Waals surface area contributed by atoms with Crippen molar-refractivity contribution in [3.8, 4) is 11.8 Å². The van der Waals surface area contributed by atoms with Crippen molar-refractivity contribution in [1.29, 1.82) is 5.26 Å². The van der Waals surface area contributed by atoms with Gasteiger partial charge in [-0.15, -0.1) is 0 Å². The molecular weight excluding hydrogens is 238 g/mol. The van der Waals surface area contributed by atoms with Crippen LogP contribution in [0.15, 0.2) is 36.5 Å². The van der Waals surface area contributed by atoms with Gasteiger partial charge >= 0.3 is 0 Å². The highest BCUT2D eigenvalue weighted by molar-refractivity contribution is 5.55. The smallest absolute Gasteiger partial charge is 0.144 e. The Morgan fingerprint density at radius 1 is 1.26 bits per heavy atom. The van der Waals surface area contributed by atoms with E-state index in [0.29, 0.717) is 17.9 Å². The van der Waals surface area contributed by atoms with Gasteiger partial charge in [0.1, 0.15) is 17.6 Å². The Hall–Kier alpha value is -2.54. The van der Waals surface area contributed by atoms with Crippen LogP contribution >= 0.6 is 0 Å². The second-order valence-electron chi connectivity index (χ2n) is 4.31. The van der Waals surface area contributed by atoms with Crippen molar-refractivity contribution >= 4 is 5.82 Å². The van der Waals surface area contributed by atoms with Crippen molar-refractivity contribution in [2.45, 2.75) is 13.3 Å². The molecule has 1 aromatic carbocycles. The predicted octanol–water partition coefficient (Wildman–Crippen LogP) is 2.62. The van der Waals surface area contributed by atoms with Gasteiger partial charge in [-0.25, -0.2) is 4.98 Å². The van der Waals surface area contributed by atoms with Gasteiger partial charge in [0.15, 0.2) is 0 Å². The summed E-state index contributed by atoms with van der Waals surface area (Å²) in [6.07, 6.45) is 2.50. The van der Waals surface area contributed by atoms with E-state index in [1.807, 2.05) is 25.1 Å². The van der Waals surface area contributed by atoms with Gasteiger partial charge in [0.25, 0.3) is 0 Å². The van der Waals surface area contributed by atoms with Crippen molar-refractivity contribution in [2.24, 2.45) is 0 Å². The third-order valence-electron chi connectivity index (χ3n) is 2.91. The minimum absolute atomic E-state index is 0.267. The molecule has 2 rings (SSSR count). The molecule has 0 saturated heterocycles. The fourth-order valence-corrected chi connectivity index (χ4v) is 1.82. The van der Waals surface area contributed by atoms with E-state index in [-0.39, 0.29) is 5.75 Å². The first-order chi connectivity index (χ1) is 9.20. The summed E-state index contributed by atoms with van der Waals surface area (Å²) in [7, 11) is 0. The van der Waals surface area contributed by atoms with Crippen molar-refractivity contribution in [3.05, 3.63) is 53.2 Å². The maximum Gasteiger partial charge on any atom is 0.144 e. The van der Waals surface area contributed by atoms with E-state index < -0.39 is 0 Å².